The second kappa shape index (κ2) is 4.86. The van der Waals surface area contributed by atoms with Gasteiger partial charge in [0.15, 0.2) is 0 Å². The predicted molar refractivity (Wildman–Crippen MR) is 48.8 cm³/mol. The molecule has 0 spiro atoms. The van der Waals surface area contributed by atoms with Crippen LogP contribution >= 0.6 is 0 Å². The minimum atomic E-state index is -2.14. The Morgan fingerprint density at radius 2 is 1.92 bits per heavy atom. The lowest BCUT2D eigenvalue weighted by Crippen LogP contribution is -2.41. The predicted octanol–water partition coefficient (Wildman–Crippen LogP) is 1.31. The van der Waals surface area contributed by atoms with E-state index in [2.05, 4.69) is 4.90 Å². The summed E-state index contributed by atoms with van der Waals surface area (Å²) in [6, 6.07) is 0.142. The molecule has 2 nitrogen and oxygen atoms in total. The highest BCUT2D eigenvalue weighted by atomic mass is 19.3. The summed E-state index contributed by atoms with van der Waals surface area (Å²) in [7, 11) is 0. The van der Waals surface area contributed by atoms with Crippen LogP contribution in [0.1, 0.15) is 19.8 Å². The minimum absolute atomic E-state index is 0.142. The van der Waals surface area contributed by atoms with Crippen molar-refractivity contribution < 1.29 is 8.78 Å². The number of halogens is 2. The van der Waals surface area contributed by atoms with Crippen LogP contribution in [0.4, 0.5) is 8.78 Å². The molecule has 1 heterocycles. The van der Waals surface area contributed by atoms with Gasteiger partial charge in [-0.1, -0.05) is 0 Å². The van der Waals surface area contributed by atoms with E-state index < -0.39 is 6.43 Å². The van der Waals surface area contributed by atoms with Crippen LogP contribution in [0.25, 0.3) is 0 Å². The highest BCUT2D eigenvalue weighted by molar-refractivity contribution is 4.75. The van der Waals surface area contributed by atoms with Gasteiger partial charge in [0, 0.05) is 18.5 Å². The van der Waals surface area contributed by atoms with Crippen molar-refractivity contribution in [2.45, 2.75) is 32.2 Å². The van der Waals surface area contributed by atoms with Crippen molar-refractivity contribution in [2.24, 2.45) is 11.7 Å². The van der Waals surface area contributed by atoms with Crippen molar-refractivity contribution in [3.05, 3.63) is 0 Å². The zero-order valence-electron chi connectivity index (χ0n) is 8.05. The van der Waals surface area contributed by atoms with Crippen LogP contribution in [0.15, 0.2) is 0 Å². The van der Waals surface area contributed by atoms with Gasteiger partial charge in [0.2, 0.25) is 6.43 Å². The lowest BCUT2D eigenvalue weighted by molar-refractivity contribution is 0.0345. The normalized spacial score (nSPS) is 23.8. The highest BCUT2D eigenvalue weighted by Gasteiger charge is 2.25. The van der Waals surface area contributed by atoms with Crippen LogP contribution in [0.5, 0.6) is 0 Å². The molecule has 1 aliphatic heterocycles. The summed E-state index contributed by atoms with van der Waals surface area (Å²) in [6.45, 7) is 4.32. The van der Waals surface area contributed by atoms with Crippen LogP contribution < -0.4 is 5.73 Å². The monoisotopic (exact) mass is 192 g/mol. The average Bonchev–Trinajstić information content (AvgIpc) is 2.04. The van der Waals surface area contributed by atoms with Crippen LogP contribution in [0, 0.1) is 5.92 Å². The van der Waals surface area contributed by atoms with E-state index >= 15 is 0 Å². The maximum Gasteiger partial charge on any atom is 0.241 e. The molecule has 0 radical (unpaired) electrons. The number of hydrogen-bond acceptors (Lipinski definition) is 2. The Labute approximate surface area is 78.1 Å². The van der Waals surface area contributed by atoms with Crippen molar-refractivity contribution in [3.8, 4) is 0 Å². The van der Waals surface area contributed by atoms with Gasteiger partial charge in [0.1, 0.15) is 0 Å². The van der Waals surface area contributed by atoms with E-state index in [1.54, 1.807) is 0 Å². The Hall–Kier alpha value is -0.220. The number of likely N-dealkylation sites (tertiary alicyclic amines) is 1. The Balaban J connectivity index is 2.22. The molecule has 1 saturated heterocycles. The molecule has 1 atom stereocenters. The molecular weight excluding hydrogens is 174 g/mol. The van der Waals surface area contributed by atoms with Crippen molar-refractivity contribution >= 4 is 0 Å². The third-order valence-corrected chi connectivity index (χ3v) is 2.53. The maximum absolute atomic E-state index is 12.3. The smallest absolute Gasteiger partial charge is 0.241 e. The Kier molecular flexibility index (Phi) is 4.06. The van der Waals surface area contributed by atoms with Gasteiger partial charge in [-0.15, -0.1) is 0 Å². The summed E-state index contributed by atoms with van der Waals surface area (Å²) < 4.78 is 24.5. The van der Waals surface area contributed by atoms with Gasteiger partial charge in [0.05, 0.1) is 0 Å². The molecule has 0 aromatic rings. The molecule has 4 heteroatoms. The second-order valence-electron chi connectivity index (χ2n) is 3.95. The number of alkyl halides is 2. The van der Waals surface area contributed by atoms with E-state index in [0.717, 1.165) is 19.6 Å². The molecule has 0 amide bonds. The van der Waals surface area contributed by atoms with E-state index in [9.17, 15) is 8.78 Å². The first kappa shape index (κ1) is 10.9. The van der Waals surface area contributed by atoms with Gasteiger partial charge in [-0.05, 0) is 32.9 Å². The lowest BCUT2D eigenvalue weighted by Gasteiger charge is -2.32. The Morgan fingerprint density at radius 1 is 1.38 bits per heavy atom. The van der Waals surface area contributed by atoms with Crippen molar-refractivity contribution in [2.75, 3.05) is 19.6 Å². The van der Waals surface area contributed by atoms with Gasteiger partial charge in [-0.25, -0.2) is 8.78 Å². The fourth-order valence-electron chi connectivity index (χ4n) is 1.79. The number of nitrogens with zero attached hydrogens (tertiary/aromatic N) is 1. The van der Waals surface area contributed by atoms with E-state index in [-0.39, 0.29) is 12.0 Å². The molecule has 1 fully saturated rings. The molecule has 0 aliphatic carbocycles. The van der Waals surface area contributed by atoms with Gasteiger partial charge in [-0.3, -0.25) is 0 Å². The molecule has 1 aliphatic rings. The summed E-state index contributed by atoms with van der Waals surface area (Å²) in [5, 5.41) is 0. The highest BCUT2D eigenvalue weighted by Crippen LogP contribution is 2.23. The van der Waals surface area contributed by atoms with E-state index in [4.69, 9.17) is 5.73 Å². The molecule has 78 valence electrons. The number of nitrogens with two attached hydrogens (primary N) is 1. The van der Waals surface area contributed by atoms with Crippen LogP contribution in [0.3, 0.4) is 0 Å². The Bertz CT molecular complexity index is 143. The SMILES string of the molecule is C[C@@H](N)CN1CCC(C(F)F)CC1. The zero-order valence-corrected chi connectivity index (χ0v) is 8.05. The first-order valence-electron chi connectivity index (χ1n) is 4.85. The van der Waals surface area contributed by atoms with Crippen LogP contribution in [0.2, 0.25) is 0 Å². The first-order chi connectivity index (χ1) is 6.09. The molecule has 0 saturated carbocycles. The van der Waals surface area contributed by atoms with E-state index in [1.165, 1.54) is 0 Å². The summed E-state index contributed by atoms with van der Waals surface area (Å²) >= 11 is 0. The molecular formula is C9H18F2N2. The largest absolute Gasteiger partial charge is 0.327 e. The Morgan fingerprint density at radius 3 is 2.31 bits per heavy atom. The second-order valence-corrected chi connectivity index (χ2v) is 3.95. The van der Waals surface area contributed by atoms with Crippen molar-refractivity contribution in [3.63, 3.8) is 0 Å². The van der Waals surface area contributed by atoms with Gasteiger partial charge >= 0.3 is 0 Å². The fraction of sp³-hybridized carbons (Fsp3) is 1.00. The molecule has 1 rings (SSSR count). The summed E-state index contributed by atoms with van der Waals surface area (Å²) in [6.07, 6.45) is -0.910. The molecule has 2 N–H and O–H groups in total. The van der Waals surface area contributed by atoms with Gasteiger partial charge in [-0.2, -0.15) is 0 Å². The number of hydrogen-bond donors (Lipinski definition) is 1. The van der Waals surface area contributed by atoms with Crippen molar-refractivity contribution in [1.29, 1.82) is 0 Å². The number of rotatable bonds is 3. The van der Waals surface area contributed by atoms with Crippen LogP contribution in [-0.4, -0.2) is 37.0 Å². The first-order valence-corrected chi connectivity index (χ1v) is 4.85. The maximum atomic E-state index is 12.3. The quantitative estimate of drug-likeness (QED) is 0.730. The van der Waals surface area contributed by atoms with Gasteiger partial charge < -0.3 is 10.6 Å². The summed E-state index contributed by atoms with van der Waals surface area (Å²) in [4.78, 5) is 2.17. The van der Waals surface area contributed by atoms with Crippen molar-refractivity contribution in [1.82, 2.24) is 4.90 Å². The molecule has 13 heavy (non-hydrogen) atoms. The van der Waals surface area contributed by atoms with Crippen LogP contribution in [-0.2, 0) is 0 Å². The molecule has 0 bridgehead atoms. The molecule has 0 aromatic heterocycles. The van der Waals surface area contributed by atoms with Gasteiger partial charge in [0.25, 0.3) is 0 Å². The number of piperidine rings is 1. The topological polar surface area (TPSA) is 29.3 Å². The zero-order chi connectivity index (χ0) is 9.84. The summed E-state index contributed by atoms with van der Waals surface area (Å²) in [5.74, 6) is -0.385. The standard InChI is InChI=1S/C9H18F2N2/c1-7(12)6-13-4-2-8(3-5-13)9(10)11/h7-9H,2-6,12H2,1H3/t7-/m1/s1. The average molecular weight is 192 g/mol. The summed E-state index contributed by atoms with van der Waals surface area (Å²) in [5.41, 5.74) is 5.63. The third kappa shape index (κ3) is 3.56. The lowest BCUT2D eigenvalue weighted by atomic mass is 9.97. The molecule has 0 aromatic carbocycles. The minimum Gasteiger partial charge on any atom is -0.327 e. The van der Waals surface area contributed by atoms with E-state index in [0.29, 0.717) is 12.8 Å². The van der Waals surface area contributed by atoms with E-state index in [1.807, 2.05) is 6.92 Å². The third-order valence-electron chi connectivity index (χ3n) is 2.53. The molecule has 0 unspecified atom stereocenters. The fourth-order valence-corrected chi connectivity index (χ4v) is 1.79.